The lowest BCUT2D eigenvalue weighted by molar-refractivity contribution is -0.403. The van der Waals surface area contributed by atoms with Gasteiger partial charge in [-0.1, -0.05) is 0 Å². The second-order valence-corrected chi connectivity index (χ2v) is 7.75. The van der Waals surface area contributed by atoms with E-state index in [2.05, 4.69) is 0 Å². The Hall–Kier alpha value is -2.79. The second kappa shape index (κ2) is 8.93. The van der Waals surface area contributed by atoms with Gasteiger partial charge in [-0.3, -0.25) is 10.1 Å². The molecule has 2 amide bonds. The number of rotatable bonds is 6. The van der Waals surface area contributed by atoms with E-state index in [1.807, 2.05) is 0 Å². The molecule has 0 radical (unpaired) electrons. The molecule has 0 aromatic rings. The Kier molecular flexibility index (Phi) is 8.04. The van der Waals surface area contributed by atoms with Gasteiger partial charge >= 0.3 is 18.2 Å². The summed E-state index contributed by atoms with van der Waals surface area (Å²) in [6.07, 6.45) is -4.84. The zero-order valence-electron chi connectivity index (χ0n) is 16.4. The summed E-state index contributed by atoms with van der Waals surface area (Å²) in [4.78, 5) is 45.3. The van der Waals surface area contributed by atoms with Gasteiger partial charge in [-0.15, -0.1) is 0 Å². The number of hydrogen-bond acceptors (Lipinski definition) is 7. The van der Waals surface area contributed by atoms with Crippen molar-refractivity contribution in [2.45, 2.75) is 71.1 Å². The number of alkyl halides is 2. The van der Waals surface area contributed by atoms with Crippen molar-refractivity contribution in [1.29, 1.82) is 0 Å². The standard InChI is InChI=1S/C16H24F2N2O8/c1-14(2,3)27-12(23)20(13(24)28-15(4,5)6)10(11(21)22)9-16(17,18)7-8-19(25)26/h7-8,10H,9H2,1-6H3,(H,21,22)/b8-7+. The summed E-state index contributed by atoms with van der Waals surface area (Å²) in [5.41, 5.74) is -2.34. The molecule has 160 valence electrons. The molecule has 0 aliphatic rings. The molecule has 1 unspecified atom stereocenters. The number of hydrogen-bond donors (Lipinski definition) is 1. The van der Waals surface area contributed by atoms with Crippen LogP contribution < -0.4 is 0 Å². The zero-order valence-corrected chi connectivity index (χ0v) is 16.4. The Balaban J connectivity index is 6.00. The van der Waals surface area contributed by atoms with Gasteiger partial charge in [-0.25, -0.2) is 23.2 Å². The number of carbonyl (C=O) groups is 3. The van der Waals surface area contributed by atoms with E-state index < -0.39 is 52.7 Å². The summed E-state index contributed by atoms with van der Waals surface area (Å²) in [5.74, 6) is -5.97. The molecule has 0 rings (SSSR count). The largest absolute Gasteiger partial charge is 0.480 e. The first-order valence-electron chi connectivity index (χ1n) is 8.03. The molecule has 12 heteroatoms. The van der Waals surface area contributed by atoms with Gasteiger partial charge in [0.1, 0.15) is 17.2 Å². The number of imide groups is 1. The normalized spacial score (nSPS) is 13.7. The lowest BCUT2D eigenvalue weighted by atomic mass is 10.1. The summed E-state index contributed by atoms with van der Waals surface area (Å²) < 4.78 is 37.8. The Labute approximate surface area is 160 Å². The quantitative estimate of drug-likeness (QED) is 0.519. The van der Waals surface area contributed by atoms with Crippen LogP contribution in [0.1, 0.15) is 48.0 Å². The zero-order chi connectivity index (χ0) is 22.5. The fourth-order valence-corrected chi connectivity index (χ4v) is 1.74. The number of allylic oxidation sites excluding steroid dienone is 1. The van der Waals surface area contributed by atoms with Crippen LogP contribution in [-0.2, 0) is 14.3 Å². The highest BCUT2D eigenvalue weighted by atomic mass is 19.3. The fourth-order valence-electron chi connectivity index (χ4n) is 1.74. The Morgan fingerprint density at radius 1 is 1.07 bits per heavy atom. The minimum atomic E-state index is -4.02. The monoisotopic (exact) mass is 410 g/mol. The number of nitrogens with zero attached hydrogens (tertiary/aromatic N) is 2. The fraction of sp³-hybridized carbons (Fsp3) is 0.688. The third-order valence-electron chi connectivity index (χ3n) is 2.68. The molecular weight excluding hydrogens is 386 g/mol. The number of carboxylic acids is 1. The van der Waals surface area contributed by atoms with E-state index in [9.17, 15) is 38.4 Å². The van der Waals surface area contributed by atoms with Crippen LogP contribution in [0.4, 0.5) is 18.4 Å². The van der Waals surface area contributed by atoms with Crippen molar-refractivity contribution in [3.63, 3.8) is 0 Å². The molecule has 0 saturated carbocycles. The predicted octanol–water partition coefficient (Wildman–Crippen LogP) is 3.43. The smallest absolute Gasteiger partial charge is 0.420 e. The maximum atomic E-state index is 14.0. The number of halogens is 2. The van der Waals surface area contributed by atoms with E-state index in [0.717, 1.165) is 0 Å². The highest BCUT2D eigenvalue weighted by Crippen LogP contribution is 2.27. The number of ether oxygens (including phenoxy) is 2. The van der Waals surface area contributed by atoms with Gasteiger partial charge in [0.25, 0.3) is 5.92 Å². The van der Waals surface area contributed by atoms with Crippen molar-refractivity contribution in [1.82, 2.24) is 4.90 Å². The van der Waals surface area contributed by atoms with Gasteiger partial charge in [-0.05, 0) is 41.5 Å². The van der Waals surface area contributed by atoms with Crippen LogP contribution >= 0.6 is 0 Å². The highest BCUT2D eigenvalue weighted by molar-refractivity contribution is 5.93. The van der Waals surface area contributed by atoms with Crippen LogP contribution in [0.3, 0.4) is 0 Å². The Morgan fingerprint density at radius 3 is 1.75 bits per heavy atom. The van der Waals surface area contributed by atoms with E-state index in [1.165, 1.54) is 41.5 Å². The average molecular weight is 410 g/mol. The van der Waals surface area contributed by atoms with Crippen molar-refractivity contribution < 1.29 is 42.7 Å². The number of aliphatic carboxylic acids is 1. The molecule has 0 spiro atoms. The molecule has 0 aliphatic carbocycles. The summed E-state index contributed by atoms with van der Waals surface area (Å²) in [5, 5.41) is 19.6. The maximum Gasteiger partial charge on any atom is 0.420 e. The third kappa shape index (κ3) is 9.78. The van der Waals surface area contributed by atoms with E-state index >= 15 is 0 Å². The van der Waals surface area contributed by atoms with Crippen LogP contribution in [0.25, 0.3) is 0 Å². The highest BCUT2D eigenvalue weighted by Gasteiger charge is 2.45. The van der Waals surface area contributed by atoms with Gasteiger partial charge in [0.05, 0.1) is 11.0 Å². The van der Waals surface area contributed by atoms with Crippen molar-refractivity contribution in [2.75, 3.05) is 0 Å². The lowest BCUT2D eigenvalue weighted by Gasteiger charge is -2.32. The van der Waals surface area contributed by atoms with Gasteiger partial charge in [0.15, 0.2) is 0 Å². The molecule has 0 aromatic heterocycles. The van der Waals surface area contributed by atoms with E-state index in [-0.39, 0.29) is 17.2 Å². The number of carboxylic acid groups (broad SMARTS) is 1. The van der Waals surface area contributed by atoms with Crippen LogP contribution in [0, 0.1) is 10.1 Å². The Morgan fingerprint density at radius 2 is 1.46 bits per heavy atom. The van der Waals surface area contributed by atoms with Crippen molar-refractivity contribution in [3.05, 3.63) is 22.4 Å². The molecule has 0 heterocycles. The summed E-state index contributed by atoms with van der Waals surface area (Å²) in [6, 6.07) is -2.41. The van der Waals surface area contributed by atoms with Gasteiger partial charge in [-0.2, -0.15) is 4.90 Å². The number of carbonyl (C=O) groups excluding carboxylic acids is 2. The topological polar surface area (TPSA) is 136 Å². The molecule has 0 saturated heterocycles. The minimum Gasteiger partial charge on any atom is -0.480 e. The van der Waals surface area contributed by atoms with Crippen LogP contribution in [0.5, 0.6) is 0 Å². The Bertz CT molecular complexity index is 622. The van der Waals surface area contributed by atoms with Gasteiger partial charge in [0, 0.05) is 6.42 Å². The first-order chi connectivity index (χ1) is 12.3. The van der Waals surface area contributed by atoms with Crippen LogP contribution in [-0.4, -0.2) is 56.3 Å². The van der Waals surface area contributed by atoms with E-state index in [1.54, 1.807) is 0 Å². The molecule has 0 fully saturated rings. The molecule has 10 nitrogen and oxygen atoms in total. The van der Waals surface area contributed by atoms with E-state index in [0.29, 0.717) is 0 Å². The summed E-state index contributed by atoms with van der Waals surface area (Å²) >= 11 is 0. The summed E-state index contributed by atoms with van der Waals surface area (Å²) in [6.45, 7) is 8.51. The average Bonchev–Trinajstić information content (AvgIpc) is 2.40. The SMILES string of the molecule is CC(C)(C)OC(=O)N(C(=O)OC(C)(C)C)C(CC(F)(F)/C=C/[N+](=O)[O-])C(=O)O. The molecule has 28 heavy (non-hydrogen) atoms. The number of amides is 2. The summed E-state index contributed by atoms with van der Waals surface area (Å²) in [7, 11) is 0. The first-order valence-corrected chi connectivity index (χ1v) is 8.03. The van der Waals surface area contributed by atoms with Gasteiger partial charge < -0.3 is 14.6 Å². The van der Waals surface area contributed by atoms with Crippen LogP contribution in [0.2, 0.25) is 0 Å². The second-order valence-electron chi connectivity index (χ2n) is 7.75. The third-order valence-corrected chi connectivity index (χ3v) is 2.68. The van der Waals surface area contributed by atoms with E-state index in [4.69, 9.17) is 9.47 Å². The van der Waals surface area contributed by atoms with Crippen molar-refractivity contribution in [3.8, 4) is 0 Å². The molecule has 0 bridgehead atoms. The van der Waals surface area contributed by atoms with Gasteiger partial charge in [0.2, 0.25) is 6.20 Å². The lowest BCUT2D eigenvalue weighted by Crippen LogP contribution is -2.53. The molecular formula is C16H24F2N2O8. The molecule has 0 aliphatic heterocycles. The molecule has 1 atom stereocenters. The predicted molar refractivity (Wildman–Crippen MR) is 91.4 cm³/mol. The maximum absolute atomic E-state index is 14.0. The number of nitro groups is 1. The van der Waals surface area contributed by atoms with Crippen molar-refractivity contribution >= 4 is 18.2 Å². The van der Waals surface area contributed by atoms with Crippen molar-refractivity contribution in [2.24, 2.45) is 0 Å². The molecule has 1 N–H and O–H groups in total. The molecule has 0 aromatic carbocycles. The minimum absolute atomic E-state index is 0.0653. The van der Waals surface area contributed by atoms with Crippen LogP contribution in [0.15, 0.2) is 12.3 Å². The first kappa shape index (κ1) is 25.2.